The van der Waals surface area contributed by atoms with Crippen molar-refractivity contribution in [1.82, 2.24) is 20.3 Å². The zero-order valence-electron chi connectivity index (χ0n) is 11.2. The number of hydrogen-bond acceptors (Lipinski definition) is 4. The van der Waals surface area contributed by atoms with Gasteiger partial charge in [-0.25, -0.2) is 0 Å². The highest BCUT2D eigenvalue weighted by Gasteiger charge is 2.31. The van der Waals surface area contributed by atoms with E-state index in [-0.39, 0.29) is 5.60 Å². The van der Waals surface area contributed by atoms with Crippen LogP contribution in [0.15, 0.2) is 0 Å². The van der Waals surface area contributed by atoms with Crippen molar-refractivity contribution in [2.45, 2.75) is 58.8 Å². The molecule has 96 valence electrons. The zero-order chi connectivity index (χ0) is 12.5. The molecule has 2 rings (SSSR count). The van der Waals surface area contributed by atoms with E-state index in [1.165, 1.54) is 0 Å². The fourth-order valence-electron chi connectivity index (χ4n) is 2.18. The van der Waals surface area contributed by atoms with E-state index in [1.54, 1.807) is 4.80 Å². The highest BCUT2D eigenvalue weighted by molar-refractivity contribution is 5.06. The van der Waals surface area contributed by atoms with Gasteiger partial charge in [-0.3, -0.25) is 0 Å². The second-order valence-corrected chi connectivity index (χ2v) is 5.27. The van der Waals surface area contributed by atoms with Crippen LogP contribution < -0.4 is 5.32 Å². The van der Waals surface area contributed by atoms with Gasteiger partial charge >= 0.3 is 0 Å². The molecule has 1 aliphatic heterocycles. The van der Waals surface area contributed by atoms with Crippen LogP contribution in [0.2, 0.25) is 0 Å². The van der Waals surface area contributed by atoms with Gasteiger partial charge < -0.3 is 10.1 Å². The lowest BCUT2D eigenvalue weighted by molar-refractivity contribution is 0.0357. The molecule has 1 N–H and O–H groups in total. The van der Waals surface area contributed by atoms with Crippen molar-refractivity contribution in [2.75, 3.05) is 6.61 Å². The van der Waals surface area contributed by atoms with Crippen molar-refractivity contribution >= 4 is 0 Å². The molecule has 5 heteroatoms. The summed E-state index contributed by atoms with van der Waals surface area (Å²) in [5.41, 5.74) is 2.06. The van der Waals surface area contributed by atoms with E-state index in [2.05, 4.69) is 29.4 Å². The molecule has 0 amide bonds. The molecule has 1 saturated heterocycles. The molecular weight excluding hydrogens is 216 g/mol. The molecule has 17 heavy (non-hydrogen) atoms. The predicted octanol–water partition coefficient (Wildman–Crippen LogP) is 1.26. The highest BCUT2D eigenvalue weighted by atomic mass is 16.5. The van der Waals surface area contributed by atoms with E-state index in [1.807, 2.05) is 13.8 Å². The quantitative estimate of drug-likeness (QED) is 0.858. The van der Waals surface area contributed by atoms with Crippen molar-refractivity contribution < 1.29 is 4.74 Å². The minimum absolute atomic E-state index is 0.00768. The maximum atomic E-state index is 5.69. The van der Waals surface area contributed by atoms with Crippen LogP contribution in [0.4, 0.5) is 0 Å². The van der Waals surface area contributed by atoms with E-state index in [4.69, 9.17) is 4.74 Å². The molecule has 1 aliphatic rings. The molecular formula is C12H22N4O. The van der Waals surface area contributed by atoms with E-state index in [0.717, 1.165) is 37.5 Å². The van der Waals surface area contributed by atoms with Gasteiger partial charge in [-0.1, -0.05) is 0 Å². The van der Waals surface area contributed by atoms with Crippen LogP contribution in [0.5, 0.6) is 0 Å². The molecule has 0 radical (unpaired) electrons. The van der Waals surface area contributed by atoms with E-state index < -0.39 is 0 Å². The molecule has 1 atom stereocenters. The van der Waals surface area contributed by atoms with Crippen LogP contribution >= 0.6 is 0 Å². The van der Waals surface area contributed by atoms with Gasteiger partial charge in [-0.05, 0) is 34.1 Å². The average Bonchev–Trinajstić information content (AvgIpc) is 2.79. The van der Waals surface area contributed by atoms with Crippen LogP contribution in [0.3, 0.4) is 0 Å². The summed E-state index contributed by atoms with van der Waals surface area (Å²) in [5.74, 6) is 0. The minimum Gasteiger partial charge on any atom is -0.374 e. The van der Waals surface area contributed by atoms with Crippen molar-refractivity contribution in [2.24, 2.45) is 0 Å². The van der Waals surface area contributed by atoms with Crippen LogP contribution in [-0.4, -0.2) is 33.2 Å². The molecule has 1 fully saturated rings. The summed E-state index contributed by atoms with van der Waals surface area (Å²) in [6.45, 7) is 10.7. The first-order chi connectivity index (χ1) is 8.00. The van der Waals surface area contributed by atoms with Crippen molar-refractivity contribution in [3.63, 3.8) is 0 Å². The fraction of sp³-hybridized carbons (Fsp3) is 0.833. The Bertz CT molecular complexity index is 386. The van der Waals surface area contributed by atoms with Crippen LogP contribution in [0.1, 0.15) is 38.6 Å². The Balaban J connectivity index is 1.88. The highest BCUT2D eigenvalue weighted by Crippen LogP contribution is 2.24. The third-order valence-electron chi connectivity index (χ3n) is 3.17. The summed E-state index contributed by atoms with van der Waals surface area (Å²) in [7, 11) is 0. The number of rotatable bonds is 4. The van der Waals surface area contributed by atoms with Crippen LogP contribution in [0.25, 0.3) is 0 Å². The van der Waals surface area contributed by atoms with Gasteiger partial charge in [0.25, 0.3) is 0 Å². The third kappa shape index (κ3) is 3.04. The zero-order valence-corrected chi connectivity index (χ0v) is 11.2. The molecule has 0 aliphatic carbocycles. The van der Waals surface area contributed by atoms with Gasteiger partial charge in [0, 0.05) is 12.6 Å². The number of nitrogens with one attached hydrogen (secondary N) is 1. The molecule has 1 unspecified atom stereocenters. The van der Waals surface area contributed by atoms with Gasteiger partial charge in [-0.15, -0.1) is 0 Å². The van der Waals surface area contributed by atoms with Crippen molar-refractivity contribution in [1.29, 1.82) is 0 Å². The van der Waals surface area contributed by atoms with Gasteiger partial charge in [0.1, 0.15) is 0 Å². The maximum absolute atomic E-state index is 5.69. The Labute approximate surface area is 103 Å². The van der Waals surface area contributed by atoms with Crippen molar-refractivity contribution in [3.8, 4) is 0 Å². The Morgan fingerprint density at radius 2 is 2.24 bits per heavy atom. The largest absolute Gasteiger partial charge is 0.374 e. The first-order valence-electron chi connectivity index (χ1n) is 6.28. The lowest BCUT2D eigenvalue weighted by atomic mass is 10.0. The molecule has 1 aromatic heterocycles. The van der Waals surface area contributed by atoms with Gasteiger partial charge in [0.2, 0.25) is 0 Å². The molecule has 0 bridgehead atoms. The molecule has 1 aromatic rings. The second kappa shape index (κ2) is 4.74. The first-order valence-corrected chi connectivity index (χ1v) is 6.28. The third-order valence-corrected chi connectivity index (χ3v) is 3.17. The normalized spacial score (nSPS) is 23.2. The topological polar surface area (TPSA) is 52.0 Å². The van der Waals surface area contributed by atoms with Gasteiger partial charge in [0.05, 0.1) is 30.1 Å². The predicted molar refractivity (Wildman–Crippen MR) is 65.7 cm³/mol. The van der Waals surface area contributed by atoms with Gasteiger partial charge in [0.15, 0.2) is 0 Å². The Hall–Kier alpha value is -0.940. The van der Waals surface area contributed by atoms with E-state index in [9.17, 15) is 0 Å². The van der Waals surface area contributed by atoms with Crippen LogP contribution in [-0.2, 0) is 17.8 Å². The average molecular weight is 238 g/mol. The van der Waals surface area contributed by atoms with E-state index in [0.29, 0.717) is 6.04 Å². The Kier molecular flexibility index (Phi) is 3.49. The smallest absolute Gasteiger partial charge is 0.0994 e. The SMILES string of the molecule is CCn1nc(C)c(CNC2COC(C)(C)C2)n1. The second-order valence-electron chi connectivity index (χ2n) is 5.27. The molecule has 0 spiro atoms. The standard InChI is InChI=1S/C12H22N4O/c1-5-16-14-9(2)11(15-16)7-13-10-6-12(3,4)17-8-10/h10,13H,5-8H2,1-4H3. The molecule has 0 saturated carbocycles. The summed E-state index contributed by atoms with van der Waals surface area (Å²) < 4.78 is 5.69. The lowest BCUT2D eigenvalue weighted by Crippen LogP contribution is -2.30. The summed E-state index contributed by atoms with van der Waals surface area (Å²) in [6.07, 6.45) is 1.05. The summed E-state index contributed by atoms with van der Waals surface area (Å²) in [4.78, 5) is 1.74. The van der Waals surface area contributed by atoms with Crippen molar-refractivity contribution in [3.05, 3.63) is 11.4 Å². The Morgan fingerprint density at radius 3 is 2.76 bits per heavy atom. The number of ether oxygens (including phenoxy) is 1. The number of aryl methyl sites for hydroxylation is 2. The first kappa shape index (κ1) is 12.5. The monoisotopic (exact) mass is 238 g/mol. The van der Waals surface area contributed by atoms with E-state index >= 15 is 0 Å². The fourth-order valence-corrected chi connectivity index (χ4v) is 2.18. The minimum atomic E-state index is 0.00768. The van der Waals surface area contributed by atoms with Crippen LogP contribution in [0, 0.1) is 6.92 Å². The Morgan fingerprint density at radius 1 is 1.47 bits per heavy atom. The summed E-state index contributed by atoms with van der Waals surface area (Å²) in [6, 6.07) is 0.427. The summed E-state index contributed by atoms with van der Waals surface area (Å²) in [5, 5.41) is 12.3. The number of aromatic nitrogens is 3. The molecule has 5 nitrogen and oxygen atoms in total. The summed E-state index contributed by atoms with van der Waals surface area (Å²) >= 11 is 0. The number of nitrogens with zero attached hydrogens (tertiary/aromatic N) is 3. The van der Waals surface area contributed by atoms with Gasteiger partial charge in [-0.2, -0.15) is 15.0 Å². The maximum Gasteiger partial charge on any atom is 0.0994 e. The number of hydrogen-bond donors (Lipinski definition) is 1. The lowest BCUT2D eigenvalue weighted by Gasteiger charge is -2.15. The molecule has 0 aromatic carbocycles. The molecule has 2 heterocycles.